The highest BCUT2D eigenvalue weighted by Gasteiger charge is 2.15. The van der Waals surface area contributed by atoms with Crippen molar-refractivity contribution in [2.75, 3.05) is 43.4 Å². The normalized spacial score (nSPS) is 15.6. The second-order valence-electron chi connectivity index (χ2n) is 6.20. The van der Waals surface area contributed by atoms with Gasteiger partial charge < -0.3 is 15.1 Å². The molecule has 0 unspecified atom stereocenters. The quantitative estimate of drug-likeness (QED) is 0.803. The number of anilines is 3. The summed E-state index contributed by atoms with van der Waals surface area (Å²) in [4.78, 5) is 13.5. The van der Waals surface area contributed by atoms with Gasteiger partial charge in [0.05, 0.1) is 0 Å². The van der Waals surface area contributed by atoms with Gasteiger partial charge in [0.25, 0.3) is 0 Å². The van der Waals surface area contributed by atoms with Crippen LogP contribution in [0, 0.1) is 0 Å². The molecule has 24 heavy (non-hydrogen) atoms. The molecule has 2 aromatic carbocycles. The molecule has 1 fully saturated rings. The van der Waals surface area contributed by atoms with Crippen molar-refractivity contribution in [2.45, 2.75) is 0 Å². The highest BCUT2D eigenvalue weighted by Crippen LogP contribution is 2.26. The van der Waals surface area contributed by atoms with E-state index in [2.05, 4.69) is 74.6 Å². The summed E-state index contributed by atoms with van der Waals surface area (Å²) in [7, 11) is 2.16. The predicted octanol–water partition coefficient (Wildman–Crippen LogP) is 3.13. The molecule has 0 spiro atoms. The van der Waals surface area contributed by atoms with Crippen LogP contribution in [0.5, 0.6) is 0 Å². The summed E-state index contributed by atoms with van der Waals surface area (Å²) in [5.41, 5.74) is 1.07. The van der Waals surface area contributed by atoms with Gasteiger partial charge in [0.15, 0.2) is 0 Å². The zero-order chi connectivity index (χ0) is 16.4. The highest BCUT2D eigenvalue weighted by atomic mass is 15.3. The fraction of sp³-hybridized carbons (Fsp3) is 0.263. The van der Waals surface area contributed by atoms with Gasteiger partial charge in [-0.2, -0.15) is 0 Å². The van der Waals surface area contributed by atoms with Gasteiger partial charge in [-0.15, -0.1) is 0 Å². The highest BCUT2D eigenvalue weighted by molar-refractivity contribution is 5.95. The molecule has 0 radical (unpaired) electrons. The summed E-state index contributed by atoms with van der Waals surface area (Å²) < 4.78 is 0. The van der Waals surface area contributed by atoms with E-state index in [1.807, 2.05) is 6.07 Å². The molecule has 0 atom stereocenters. The van der Waals surface area contributed by atoms with E-state index in [-0.39, 0.29) is 0 Å². The summed E-state index contributed by atoms with van der Waals surface area (Å²) in [5.74, 6) is 1.82. The standard InChI is InChI=1S/C19H21N5/c1-23-9-11-24(12-10-23)19-13-18(20-14-21-19)22-17-8-4-6-15-5-2-3-7-16(15)17/h2-8,13-14H,9-12H2,1H3,(H,20,21,22). The van der Waals surface area contributed by atoms with Gasteiger partial charge in [0.1, 0.15) is 18.0 Å². The first-order chi connectivity index (χ1) is 11.8. The first-order valence-corrected chi connectivity index (χ1v) is 8.30. The second-order valence-corrected chi connectivity index (χ2v) is 6.20. The molecule has 1 aromatic heterocycles. The average Bonchev–Trinajstić information content (AvgIpc) is 2.63. The van der Waals surface area contributed by atoms with Crippen molar-refractivity contribution < 1.29 is 0 Å². The molecule has 0 saturated carbocycles. The molecular formula is C19H21N5. The number of benzene rings is 2. The fourth-order valence-electron chi connectivity index (χ4n) is 3.10. The number of nitrogens with zero attached hydrogens (tertiary/aromatic N) is 4. The Kier molecular flexibility index (Phi) is 4.01. The lowest BCUT2D eigenvalue weighted by Gasteiger charge is -2.33. The van der Waals surface area contributed by atoms with Gasteiger partial charge in [0, 0.05) is 43.3 Å². The van der Waals surface area contributed by atoms with Gasteiger partial charge in [-0.25, -0.2) is 9.97 Å². The number of hydrogen-bond acceptors (Lipinski definition) is 5. The number of rotatable bonds is 3. The van der Waals surface area contributed by atoms with Crippen LogP contribution in [-0.4, -0.2) is 48.1 Å². The third kappa shape index (κ3) is 3.03. The Morgan fingerprint density at radius 3 is 2.58 bits per heavy atom. The summed E-state index contributed by atoms with van der Waals surface area (Å²) in [6.45, 7) is 4.13. The van der Waals surface area contributed by atoms with E-state index < -0.39 is 0 Å². The number of likely N-dealkylation sites (N-methyl/N-ethyl adjacent to an activating group) is 1. The minimum Gasteiger partial charge on any atom is -0.354 e. The largest absolute Gasteiger partial charge is 0.354 e. The third-order valence-electron chi connectivity index (χ3n) is 4.53. The van der Waals surface area contributed by atoms with E-state index in [0.717, 1.165) is 43.5 Å². The third-order valence-corrected chi connectivity index (χ3v) is 4.53. The minimum absolute atomic E-state index is 0.829. The lowest BCUT2D eigenvalue weighted by Crippen LogP contribution is -2.44. The van der Waals surface area contributed by atoms with E-state index in [0.29, 0.717) is 0 Å². The Morgan fingerprint density at radius 2 is 1.71 bits per heavy atom. The van der Waals surface area contributed by atoms with Crippen LogP contribution < -0.4 is 10.2 Å². The molecule has 2 heterocycles. The number of fused-ring (bicyclic) bond motifs is 1. The van der Waals surface area contributed by atoms with Crippen LogP contribution in [-0.2, 0) is 0 Å². The lowest BCUT2D eigenvalue weighted by atomic mass is 10.1. The van der Waals surface area contributed by atoms with Crippen molar-refractivity contribution in [3.05, 3.63) is 54.9 Å². The van der Waals surface area contributed by atoms with Crippen LogP contribution in [0.25, 0.3) is 10.8 Å². The van der Waals surface area contributed by atoms with Crippen molar-refractivity contribution >= 4 is 28.1 Å². The zero-order valence-electron chi connectivity index (χ0n) is 13.8. The van der Waals surface area contributed by atoms with Crippen LogP contribution in [0.1, 0.15) is 0 Å². The van der Waals surface area contributed by atoms with Crippen LogP contribution in [0.15, 0.2) is 54.9 Å². The number of nitrogens with one attached hydrogen (secondary N) is 1. The van der Waals surface area contributed by atoms with Crippen molar-refractivity contribution in [3.63, 3.8) is 0 Å². The second kappa shape index (κ2) is 6.45. The molecule has 3 aromatic rings. The molecule has 5 heteroatoms. The maximum Gasteiger partial charge on any atom is 0.135 e. The molecule has 0 amide bonds. The first kappa shape index (κ1) is 14.9. The van der Waals surface area contributed by atoms with Gasteiger partial charge in [0.2, 0.25) is 0 Å². The van der Waals surface area contributed by atoms with Gasteiger partial charge >= 0.3 is 0 Å². The topological polar surface area (TPSA) is 44.3 Å². The lowest BCUT2D eigenvalue weighted by molar-refractivity contribution is 0.312. The SMILES string of the molecule is CN1CCN(c2cc(Nc3cccc4ccccc34)ncn2)CC1. The van der Waals surface area contributed by atoms with E-state index in [1.165, 1.54) is 10.8 Å². The Balaban J connectivity index is 1.59. The summed E-state index contributed by atoms with van der Waals surface area (Å²) >= 11 is 0. The Morgan fingerprint density at radius 1 is 0.917 bits per heavy atom. The smallest absolute Gasteiger partial charge is 0.135 e. The van der Waals surface area contributed by atoms with E-state index >= 15 is 0 Å². The van der Waals surface area contributed by atoms with E-state index in [9.17, 15) is 0 Å². The molecule has 0 aliphatic carbocycles. The summed E-state index contributed by atoms with van der Waals surface area (Å²) in [6, 6.07) is 16.7. The van der Waals surface area contributed by atoms with Crippen LogP contribution in [0.2, 0.25) is 0 Å². The van der Waals surface area contributed by atoms with Crippen molar-refractivity contribution in [1.82, 2.24) is 14.9 Å². The van der Waals surface area contributed by atoms with Crippen molar-refractivity contribution in [2.24, 2.45) is 0 Å². The van der Waals surface area contributed by atoms with Crippen LogP contribution >= 0.6 is 0 Å². The monoisotopic (exact) mass is 319 g/mol. The Labute approximate surface area is 141 Å². The molecule has 1 aliphatic rings. The Hall–Kier alpha value is -2.66. The average molecular weight is 319 g/mol. The van der Waals surface area contributed by atoms with Crippen LogP contribution in [0.3, 0.4) is 0 Å². The molecular weight excluding hydrogens is 298 g/mol. The summed E-state index contributed by atoms with van der Waals surface area (Å²) in [6.07, 6.45) is 1.64. The fourth-order valence-corrected chi connectivity index (χ4v) is 3.10. The van der Waals surface area contributed by atoms with Gasteiger partial charge in [-0.1, -0.05) is 36.4 Å². The van der Waals surface area contributed by atoms with E-state index in [1.54, 1.807) is 6.33 Å². The molecule has 4 rings (SSSR count). The Bertz CT molecular complexity index is 835. The minimum atomic E-state index is 0.829. The predicted molar refractivity (Wildman–Crippen MR) is 99.0 cm³/mol. The molecule has 1 saturated heterocycles. The molecule has 5 nitrogen and oxygen atoms in total. The zero-order valence-corrected chi connectivity index (χ0v) is 13.8. The molecule has 0 bridgehead atoms. The first-order valence-electron chi connectivity index (χ1n) is 8.30. The van der Waals surface area contributed by atoms with Gasteiger partial charge in [-0.3, -0.25) is 0 Å². The molecule has 1 aliphatic heterocycles. The molecule has 1 N–H and O–H groups in total. The number of hydrogen-bond donors (Lipinski definition) is 1. The number of piperazine rings is 1. The van der Waals surface area contributed by atoms with Crippen molar-refractivity contribution in [3.8, 4) is 0 Å². The van der Waals surface area contributed by atoms with Crippen molar-refractivity contribution in [1.29, 1.82) is 0 Å². The van der Waals surface area contributed by atoms with E-state index in [4.69, 9.17) is 0 Å². The van der Waals surface area contributed by atoms with Crippen LogP contribution in [0.4, 0.5) is 17.3 Å². The summed E-state index contributed by atoms with van der Waals surface area (Å²) in [5, 5.41) is 5.86. The number of aromatic nitrogens is 2. The maximum atomic E-state index is 4.45. The van der Waals surface area contributed by atoms with Gasteiger partial charge in [-0.05, 0) is 18.5 Å². The maximum absolute atomic E-state index is 4.45. The molecule has 122 valence electrons.